The molecule has 0 amide bonds. The zero-order valence-electron chi connectivity index (χ0n) is 15.5. The number of hydrogen-bond acceptors (Lipinski definition) is 4. The van der Waals surface area contributed by atoms with E-state index in [0.29, 0.717) is 41.3 Å². The summed E-state index contributed by atoms with van der Waals surface area (Å²) in [7, 11) is 0. The lowest BCUT2D eigenvalue weighted by Gasteiger charge is -2.07. The Morgan fingerprint density at radius 2 is 1.93 bits per heavy atom. The zero-order valence-corrected chi connectivity index (χ0v) is 17.1. The van der Waals surface area contributed by atoms with Crippen LogP contribution >= 0.6 is 15.9 Å². The maximum absolute atomic E-state index is 12.7. The van der Waals surface area contributed by atoms with Crippen molar-refractivity contribution in [2.24, 2.45) is 0 Å². The average Bonchev–Trinajstić information content (AvgIpc) is 3.01. The molecular formula is C22H21BrO4. The van der Waals surface area contributed by atoms with Gasteiger partial charge in [-0.2, -0.15) is 0 Å². The minimum Gasteiger partial charge on any atom is -0.488 e. The second-order valence-corrected chi connectivity index (χ2v) is 7.12. The average molecular weight is 429 g/mol. The predicted molar refractivity (Wildman–Crippen MR) is 110 cm³/mol. The fourth-order valence-corrected chi connectivity index (χ4v) is 3.14. The SMILES string of the molecule is CCOC(=O)c1c(-c2ccccc2)oc2cc(Br)c(OCC=C(C)C)cc12. The molecule has 0 aliphatic heterocycles. The van der Waals surface area contributed by atoms with E-state index in [-0.39, 0.29) is 0 Å². The van der Waals surface area contributed by atoms with Crippen LogP contribution < -0.4 is 4.74 Å². The number of rotatable bonds is 6. The van der Waals surface area contributed by atoms with Gasteiger partial charge in [-0.15, -0.1) is 0 Å². The highest BCUT2D eigenvalue weighted by Gasteiger charge is 2.24. The van der Waals surface area contributed by atoms with Crippen molar-refractivity contribution in [1.82, 2.24) is 0 Å². The molecule has 1 aromatic heterocycles. The Hall–Kier alpha value is -2.53. The highest BCUT2D eigenvalue weighted by molar-refractivity contribution is 9.10. The number of hydrogen-bond donors (Lipinski definition) is 0. The summed E-state index contributed by atoms with van der Waals surface area (Å²) in [4.78, 5) is 12.7. The van der Waals surface area contributed by atoms with Crippen molar-refractivity contribution >= 4 is 32.9 Å². The summed E-state index contributed by atoms with van der Waals surface area (Å²) in [6.45, 7) is 6.56. The fourth-order valence-electron chi connectivity index (χ4n) is 2.71. The van der Waals surface area contributed by atoms with Crippen LogP contribution in [-0.2, 0) is 4.74 Å². The molecule has 0 N–H and O–H groups in total. The first kappa shape index (κ1) is 19.2. The smallest absolute Gasteiger partial charge is 0.342 e. The highest BCUT2D eigenvalue weighted by atomic mass is 79.9. The maximum atomic E-state index is 12.7. The number of carbonyl (C=O) groups is 1. The topological polar surface area (TPSA) is 48.7 Å². The van der Waals surface area contributed by atoms with E-state index in [0.717, 1.165) is 10.0 Å². The number of benzene rings is 2. The van der Waals surface area contributed by atoms with E-state index in [1.807, 2.05) is 62.4 Å². The fraction of sp³-hybridized carbons (Fsp3) is 0.227. The van der Waals surface area contributed by atoms with Crippen molar-refractivity contribution in [1.29, 1.82) is 0 Å². The largest absolute Gasteiger partial charge is 0.488 e. The standard InChI is InChI=1S/C22H21BrO4/c1-4-25-22(24)20-16-12-19(26-11-10-14(2)3)17(23)13-18(16)27-21(20)15-8-6-5-7-9-15/h5-10,12-13H,4,11H2,1-3H3. The summed E-state index contributed by atoms with van der Waals surface area (Å²) in [6.07, 6.45) is 1.99. The van der Waals surface area contributed by atoms with Crippen LogP contribution in [0.25, 0.3) is 22.3 Å². The summed E-state index contributed by atoms with van der Waals surface area (Å²) >= 11 is 3.52. The Morgan fingerprint density at radius 1 is 1.19 bits per heavy atom. The summed E-state index contributed by atoms with van der Waals surface area (Å²) in [5.41, 5.74) is 3.00. The lowest BCUT2D eigenvalue weighted by atomic mass is 10.1. The van der Waals surface area contributed by atoms with Crippen LogP contribution in [0.4, 0.5) is 0 Å². The summed E-state index contributed by atoms with van der Waals surface area (Å²) < 4.78 is 17.9. The molecule has 0 fully saturated rings. The third-order valence-electron chi connectivity index (χ3n) is 3.99. The van der Waals surface area contributed by atoms with Gasteiger partial charge in [-0.1, -0.05) is 35.9 Å². The van der Waals surface area contributed by atoms with Crippen molar-refractivity contribution in [3.63, 3.8) is 0 Å². The molecule has 27 heavy (non-hydrogen) atoms. The van der Waals surface area contributed by atoms with E-state index < -0.39 is 5.97 Å². The van der Waals surface area contributed by atoms with Gasteiger partial charge in [0.2, 0.25) is 0 Å². The second-order valence-electron chi connectivity index (χ2n) is 6.26. The first-order valence-corrected chi connectivity index (χ1v) is 9.55. The molecule has 0 aliphatic rings. The monoisotopic (exact) mass is 428 g/mol. The Labute approximate surface area is 166 Å². The number of halogens is 1. The summed E-state index contributed by atoms with van der Waals surface area (Å²) in [5, 5.41) is 0.669. The Bertz CT molecular complexity index is 982. The van der Waals surface area contributed by atoms with Gasteiger partial charge in [0.25, 0.3) is 0 Å². The van der Waals surface area contributed by atoms with Crippen molar-refractivity contribution in [3.8, 4) is 17.1 Å². The first-order chi connectivity index (χ1) is 13.0. The second kappa shape index (κ2) is 8.44. The number of fused-ring (bicyclic) bond motifs is 1. The number of furan rings is 1. The molecule has 5 heteroatoms. The van der Waals surface area contributed by atoms with Gasteiger partial charge >= 0.3 is 5.97 Å². The molecule has 0 bridgehead atoms. The van der Waals surface area contributed by atoms with E-state index in [2.05, 4.69) is 15.9 Å². The lowest BCUT2D eigenvalue weighted by molar-refractivity contribution is 0.0529. The molecule has 0 unspecified atom stereocenters. The highest BCUT2D eigenvalue weighted by Crippen LogP contribution is 2.39. The van der Waals surface area contributed by atoms with E-state index >= 15 is 0 Å². The van der Waals surface area contributed by atoms with Gasteiger partial charge < -0.3 is 13.9 Å². The minimum absolute atomic E-state index is 0.292. The molecule has 3 rings (SSSR count). The molecule has 0 atom stereocenters. The van der Waals surface area contributed by atoms with E-state index in [9.17, 15) is 4.79 Å². The van der Waals surface area contributed by atoms with Gasteiger partial charge in [0.05, 0.1) is 11.1 Å². The Morgan fingerprint density at radius 3 is 2.59 bits per heavy atom. The Balaban J connectivity index is 2.14. The van der Waals surface area contributed by atoms with Gasteiger partial charge in [-0.25, -0.2) is 4.79 Å². The Kier molecular flexibility index (Phi) is 6.01. The first-order valence-electron chi connectivity index (χ1n) is 8.76. The third-order valence-corrected chi connectivity index (χ3v) is 4.61. The number of allylic oxidation sites excluding steroid dienone is 1. The van der Waals surface area contributed by atoms with Crippen molar-refractivity contribution in [2.45, 2.75) is 20.8 Å². The van der Waals surface area contributed by atoms with E-state index in [4.69, 9.17) is 13.9 Å². The van der Waals surface area contributed by atoms with Crippen molar-refractivity contribution < 1.29 is 18.7 Å². The number of esters is 1. The summed E-state index contributed by atoms with van der Waals surface area (Å²) in [6, 6.07) is 13.2. The van der Waals surface area contributed by atoms with E-state index in [1.165, 1.54) is 5.57 Å². The normalized spacial score (nSPS) is 10.7. The molecule has 0 saturated carbocycles. The maximum Gasteiger partial charge on any atom is 0.342 e. The zero-order chi connectivity index (χ0) is 19.4. The molecule has 1 heterocycles. The van der Waals surface area contributed by atoms with Crippen LogP contribution in [0.2, 0.25) is 0 Å². The van der Waals surface area contributed by atoms with Crippen LogP contribution in [0.5, 0.6) is 5.75 Å². The van der Waals surface area contributed by atoms with Crippen molar-refractivity contribution in [3.05, 3.63) is 64.1 Å². The van der Waals surface area contributed by atoms with Crippen LogP contribution in [0.3, 0.4) is 0 Å². The predicted octanol–water partition coefficient (Wildman–Crippen LogP) is 6.38. The molecule has 2 aromatic carbocycles. The minimum atomic E-state index is -0.410. The molecule has 0 aliphatic carbocycles. The summed E-state index contributed by atoms with van der Waals surface area (Å²) in [5.74, 6) is 0.732. The van der Waals surface area contributed by atoms with Gasteiger partial charge in [0.1, 0.15) is 29.3 Å². The molecule has 0 radical (unpaired) electrons. The van der Waals surface area contributed by atoms with Gasteiger partial charge in [-0.3, -0.25) is 0 Å². The van der Waals surface area contributed by atoms with Crippen LogP contribution in [0, 0.1) is 0 Å². The van der Waals surface area contributed by atoms with E-state index in [1.54, 1.807) is 6.92 Å². The van der Waals surface area contributed by atoms with Gasteiger partial charge in [0, 0.05) is 10.9 Å². The molecule has 4 nitrogen and oxygen atoms in total. The molecular weight excluding hydrogens is 408 g/mol. The van der Waals surface area contributed by atoms with Gasteiger partial charge in [-0.05, 0) is 54.9 Å². The molecule has 140 valence electrons. The quantitative estimate of drug-likeness (QED) is 0.337. The van der Waals surface area contributed by atoms with Gasteiger partial charge in [0.15, 0.2) is 0 Å². The van der Waals surface area contributed by atoms with Crippen molar-refractivity contribution in [2.75, 3.05) is 13.2 Å². The van der Waals surface area contributed by atoms with Crippen LogP contribution in [0.1, 0.15) is 31.1 Å². The molecule has 0 saturated heterocycles. The number of ether oxygens (including phenoxy) is 2. The molecule has 0 spiro atoms. The van der Waals surface area contributed by atoms with Crippen LogP contribution in [0.15, 0.2) is 63.0 Å². The lowest BCUT2D eigenvalue weighted by Crippen LogP contribution is -2.05. The molecule has 3 aromatic rings. The number of carbonyl (C=O) groups excluding carboxylic acids is 1. The third kappa shape index (κ3) is 4.25. The van der Waals surface area contributed by atoms with Crippen LogP contribution in [-0.4, -0.2) is 19.2 Å².